The first-order chi connectivity index (χ1) is 33.2. The zero-order valence-corrected chi connectivity index (χ0v) is 35.6. The number of rotatable bonds is 5. The molecule has 11 heteroatoms. The number of nitrogens with zero attached hydrogens (tertiary/aromatic N) is 6. The Morgan fingerprint density at radius 1 is 0.343 bits per heavy atom. The summed E-state index contributed by atoms with van der Waals surface area (Å²) in [5.74, 6) is -0.122. The van der Waals surface area contributed by atoms with E-state index in [4.69, 9.17) is 29.9 Å². The summed E-state index contributed by atoms with van der Waals surface area (Å²) < 4.78 is 0. The predicted octanol–water partition coefficient (Wildman–Crippen LogP) is 12.8. The Labute approximate surface area is 380 Å². The number of hydrogen-bond donors (Lipinski definition) is 5. The van der Waals surface area contributed by atoms with Crippen LogP contribution in [0.3, 0.4) is 0 Å². The fourth-order valence-electron chi connectivity index (χ4n) is 10.5. The number of aromatic nitrogens is 11. The van der Waals surface area contributed by atoms with E-state index in [0.717, 1.165) is 118 Å². The second-order valence-electron chi connectivity index (χ2n) is 17.4. The molecule has 8 bridgehead atoms. The number of nitrogens with one attached hydrogen (secondary N) is 5. The van der Waals surface area contributed by atoms with E-state index in [2.05, 4.69) is 152 Å². The first kappa shape index (κ1) is 36.2. The van der Waals surface area contributed by atoms with Gasteiger partial charge >= 0.3 is 0 Å². The van der Waals surface area contributed by atoms with Gasteiger partial charge in [-0.3, -0.25) is 0 Å². The molecule has 11 nitrogen and oxygen atoms in total. The summed E-state index contributed by atoms with van der Waals surface area (Å²) in [6.07, 6.45) is 13.1. The van der Waals surface area contributed by atoms with Crippen molar-refractivity contribution in [3.8, 4) is 56.3 Å². The van der Waals surface area contributed by atoms with E-state index in [1.54, 1.807) is 0 Å². The molecular weight excluding hydrogens is 827 g/mol. The number of H-pyrrole nitrogens is 5. The van der Waals surface area contributed by atoms with Crippen molar-refractivity contribution in [2.24, 2.45) is 0 Å². The molecule has 0 amide bonds. The normalized spacial score (nSPS) is 14.4. The highest BCUT2D eigenvalue weighted by atomic mass is 14.9. The van der Waals surface area contributed by atoms with Crippen LogP contribution in [0.2, 0.25) is 0 Å². The van der Waals surface area contributed by atoms with Crippen LogP contribution in [0.5, 0.6) is 0 Å². The highest BCUT2D eigenvalue weighted by molar-refractivity contribution is 6.23. The molecule has 1 atom stereocenters. The van der Waals surface area contributed by atoms with Gasteiger partial charge in [-0.25, -0.2) is 29.9 Å². The lowest BCUT2D eigenvalue weighted by Gasteiger charge is -2.16. The SMILES string of the molecule is C1=CCC(c2ccc(-c3ccc[nH]3)c3nc4c(nc23)c2nc3c(-c5ccc[nH]5)ccc5c3nc2c2nc3c(ccc(-c6ccc[nH]6)c3nc42)-c2ccc([nH]2)C(c2ccccc2)c2ccc-5[nH]2)=C1. The van der Waals surface area contributed by atoms with Gasteiger partial charge in [-0.15, -0.1) is 0 Å². The smallest absolute Gasteiger partial charge is 0.120 e. The van der Waals surface area contributed by atoms with E-state index in [0.29, 0.717) is 33.1 Å². The Balaban J connectivity index is 1.16. The molecule has 1 unspecified atom stereocenters. The maximum Gasteiger partial charge on any atom is 0.120 e. The van der Waals surface area contributed by atoms with Crippen LogP contribution in [-0.2, 0) is 0 Å². The fraction of sp³-hybridized carbons (Fsp3) is 0.0357. The molecule has 0 radical (unpaired) electrons. The molecule has 314 valence electrons. The summed E-state index contributed by atoms with van der Waals surface area (Å²) in [7, 11) is 0. The molecule has 0 saturated carbocycles. The van der Waals surface area contributed by atoms with Gasteiger partial charge in [-0.1, -0.05) is 54.6 Å². The van der Waals surface area contributed by atoms with Crippen molar-refractivity contribution in [1.29, 1.82) is 0 Å². The van der Waals surface area contributed by atoms with E-state index in [-0.39, 0.29) is 5.92 Å². The van der Waals surface area contributed by atoms with Crippen molar-refractivity contribution in [2.45, 2.75) is 12.3 Å². The molecule has 9 heterocycles. The van der Waals surface area contributed by atoms with Crippen LogP contribution >= 0.6 is 0 Å². The van der Waals surface area contributed by atoms with E-state index >= 15 is 0 Å². The number of aromatic amines is 5. The molecular formula is C56H35N11. The summed E-state index contributed by atoms with van der Waals surface area (Å²) in [5, 5.41) is 0. The summed E-state index contributed by atoms with van der Waals surface area (Å²) in [4.78, 5) is 52.2. The van der Waals surface area contributed by atoms with Gasteiger partial charge in [0, 0.05) is 91.8 Å². The van der Waals surface area contributed by atoms with Crippen molar-refractivity contribution >= 4 is 71.8 Å². The Kier molecular flexibility index (Phi) is 7.36. The lowest BCUT2D eigenvalue weighted by Crippen LogP contribution is -2.04. The minimum atomic E-state index is -0.122. The highest BCUT2D eigenvalue weighted by Crippen LogP contribution is 2.44. The van der Waals surface area contributed by atoms with E-state index < -0.39 is 0 Å². The molecule has 5 N–H and O–H groups in total. The van der Waals surface area contributed by atoms with Gasteiger partial charge in [0.2, 0.25) is 0 Å². The molecule has 0 saturated heterocycles. The fourth-order valence-corrected chi connectivity index (χ4v) is 10.5. The molecule has 67 heavy (non-hydrogen) atoms. The third-order valence-corrected chi connectivity index (χ3v) is 13.7. The topological polar surface area (TPSA) is 156 Å². The van der Waals surface area contributed by atoms with Crippen molar-refractivity contribution in [2.75, 3.05) is 0 Å². The Hall–Kier alpha value is -9.22. The summed E-state index contributed by atoms with van der Waals surface area (Å²) in [5.41, 5.74) is 22.8. The van der Waals surface area contributed by atoms with Crippen LogP contribution < -0.4 is 0 Å². The minimum absolute atomic E-state index is 0.122. The van der Waals surface area contributed by atoms with Crippen molar-refractivity contribution in [1.82, 2.24) is 54.8 Å². The minimum Gasteiger partial charge on any atom is -0.361 e. The molecule has 2 aliphatic rings. The van der Waals surface area contributed by atoms with Crippen LogP contribution in [-0.4, -0.2) is 54.8 Å². The van der Waals surface area contributed by atoms with Crippen LogP contribution in [0.25, 0.3) is 128 Å². The zero-order valence-electron chi connectivity index (χ0n) is 35.6. The van der Waals surface area contributed by atoms with Gasteiger partial charge in [0.25, 0.3) is 0 Å². The quantitative estimate of drug-likeness (QED) is 0.0857. The molecule has 0 fully saturated rings. The summed E-state index contributed by atoms with van der Waals surface area (Å²) in [6, 6.07) is 44.4. The standard InChI is InChI=1S/C56H35N11/c1-2-11-30(12-3-1)44-42-24-22-40(60-42)35-20-18-33(38-14-7-27-58-38)47-49(35)66-55-53(64-47)51-52(63-46-32(37-13-6-26-57-37)17-16-31(45(46)62-51)29-9-4-5-10-29)54-56(55)67-50-36(41-23-25-43(44)61-41)21-19-34(48(50)65-54)39-15-8-28-59-39/h1-9,11-28,44,57-61H,10H2. The van der Waals surface area contributed by atoms with Gasteiger partial charge in [0.05, 0.1) is 39.0 Å². The van der Waals surface area contributed by atoms with Gasteiger partial charge in [-0.05, 0) is 109 Å². The largest absolute Gasteiger partial charge is 0.361 e. The van der Waals surface area contributed by atoms with Crippen LogP contribution in [0.1, 0.15) is 34.9 Å². The molecule has 0 spiro atoms. The van der Waals surface area contributed by atoms with Gasteiger partial charge in [0.15, 0.2) is 0 Å². The van der Waals surface area contributed by atoms with Gasteiger partial charge in [-0.2, -0.15) is 0 Å². The average molecular weight is 862 g/mol. The lowest BCUT2D eigenvalue weighted by molar-refractivity contribution is 0.900. The van der Waals surface area contributed by atoms with Crippen LogP contribution in [0, 0.1) is 0 Å². The maximum absolute atomic E-state index is 5.71. The van der Waals surface area contributed by atoms with Gasteiger partial charge < -0.3 is 24.9 Å². The third kappa shape index (κ3) is 5.27. The zero-order chi connectivity index (χ0) is 43.7. The number of hydrogen-bond acceptors (Lipinski definition) is 6. The Bertz CT molecular complexity index is 4230. The Morgan fingerprint density at radius 3 is 1.10 bits per heavy atom. The average Bonchev–Trinajstić information content (AvgIpc) is 4.23. The van der Waals surface area contributed by atoms with Crippen molar-refractivity contribution < 1.29 is 0 Å². The second-order valence-corrected chi connectivity index (χ2v) is 17.4. The number of benzene rings is 5. The lowest BCUT2D eigenvalue weighted by atomic mass is 9.93. The van der Waals surface area contributed by atoms with Crippen LogP contribution in [0.15, 0.2) is 164 Å². The highest BCUT2D eigenvalue weighted by Gasteiger charge is 2.28. The third-order valence-electron chi connectivity index (χ3n) is 13.7. The van der Waals surface area contributed by atoms with E-state index in [1.807, 2.05) is 36.8 Å². The van der Waals surface area contributed by atoms with Crippen LogP contribution in [0.4, 0.5) is 0 Å². The second kappa shape index (κ2) is 13.6. The Morgan fingerprint density at radius 2 is 0.731 bits per heavy atom. The summed E-state index contributed by atoms with van der Waals surface area (Å²) >= 11 is 0. The van der Waals surface area contributed by atoms with Crippen molar-refractivity contribution in [3.63, 3.8) is 0 Å². The molecule has 8 aromatic heterocycles. The van der Waals surface area contributed by atoms with Gasteiger partial charge in [0.1, 0.15) is 33.1 Å². The van der Waals surface area contributed by atoms with Crippen molar-refractivity contribution in [3.05, 3.63) is 187 Å². The monoisotopic (exact) mass is 861 g/mol. The first-order valence-corrected chi connectivity index (χ1v) is 22.5. The first-order valence-electron chi connectivity index (χ1n) is 22.5. The summed E-state index contributed by atoms with van der Waals surface area (Å²) in [6.45, 7) is 0. The molecule has 1 aliphatic carbocycles. The predicted molar refractivity (Wildman–Crippen MR) is 266 cm³/mol. The number of allylic oxidation sites excluding steroid dienone is 4. The maximum atomic E-state index is 5.71. The van der Waals surface area contributed by atoms with E-state index in [1.165, 1.54) is 5.57 Å². The molecule has 1 aliphatic heterocycles. The molecule has 5 aromatic carbocycles. The number of fused-ring (bicyclic) bond motifs is 10. The molecule has 15 rings (SSSR count). The van der Waals surface area contributed by atoms with E-state index in [9.17, 15) is 0 Å². The molecule has 13 aromatic rings.